The van der Waals surface area contributed by atoms with Gasteiger partial charge in [-0.05, 0) is 119 Å². The van der Waals surface area contributed by atoms with E-state index in [2.05, 4.69) is 11.0 Å². The molecule has 47 heavy (non-hydrogen) atoms. The smallest absolute Gasteiger partial charge is 0.339 e. The third kappa shape index (κ3) is 6.60. The number of carbonyl (C=O) groups excluding carboxylic acids is 2. The second kappa shape index (κ2) is 12.8. The van der Waals surface area contributed by atoms with Crippen molar-refractivity contribution in [1.82, 2.24) is 4.90 Å². The predicted molar refractivity (Wildman–Crippen MR) is 173 cm³/mol. The van der Waals surface area contributed by atoms with Gasteiger partial charge in [-0.2, -0.15) is 0 Å². The number of carbonyl (C=O) groups is 2. The van der Waals surface area contributed by atoms with Crippen molar-refractivity contribution >= 4 is 11.9 Å². The second-order valence-corrected chi connectivity index (χ2v) is 14.2. The Kier molecular flexibility index (Phi) is 9.06. The summed E-state index contributed by atoms with van der Waals surface area (Å²) in [5.74, 6) is -0.101. The summed E-state index contributed by atoms with van der Waals surface area (Å²) in [6.07, 6.45) is 3.80. The van der Waals surface area contributed by atoms with Crippen LogP contribution in [0.3, 0.4) is 0 Å². The summed E-state index contributed by atoms with van der Waals surface area (Å²) < 4.78 is 29.2. The van der Waals surface area contributed by atoms with Crippen molar-refractivity contribution in [1.29, 1.82) is 0 Å². The molecule has 3 heterocycles. The molecule has 4 atom stereocenters. The first-order valence-electron chi connectivity index (χ1n) is 16.6. The van der Waals surface area contributed by atoms with Gasteiger partial charge in [-0.3, -0.25) is 9.69 Å². The van der Waals surface area contributed by atoms with E-state index >= 15 is 0 Å². The van der Waals surface area contributed by atoms with Crippen molar-refractivity contribution in [3.63, 3.8) is 0 Å². The first kappa shape index (κ1) is 33.3. The molecule has 1 aliphatic carbocycles. The van der Waals surface area contributed by atoms with E-state index in [1.165, 1.54) is 0 Å². The molecule has 2 aromatic rings. The molecule has 0 radical (unpaired) electrons. The topological polar surface area (TPSA) is 124 Å². The lowest BCUT2D eigenvalue weighted by molar-refractivity contribution is -0.179. The molecule has 2 N–H and O–H groups in total. The summed E-state index contributed by atoms with van der Waals surface area (Å²) in [6, 6.07) is 9.82. The molecule has 6 rings (SSSR count). The number of fused-ring (bicyclic) bond motifs is 3. The Morgan fingerprint density at radius 2 is 1.81 bits per heavy atom. The van der Waals surface area contributed by atoms with Crippen LogP contribution in [-0.4, -0.2) is 76.9 Å². The highest BCUT2D eigenvalue weighted by molar-refractivity contribution is 5.86. The summed E-state index contributed by atoms with van der Waals surface area (Å²) in [5, 5.41) is 22.3. The lowest BCUT2D eigenvalue weighted by atomic mass is 9.77. The molecule has 3 aliphatic heterocycles. The van der Waals surface area contributed by atoms with Crippen molar-refractivity contribution in [2.45, 2.75) is 108 Å². The molecule has 0 amide bonds. The number of aryl methyl sites for hydroxylation is 2. The zero-order valence-corrected chi connectivity index (χ0v) is 28.1. The maximum atomic E-state index is 14.2. The lowest BCUT2D eigenvalue weighted by Crippen LogP contribution is -2.49. The van der Waals surface area contributed by atoms with Crippen LogP contribution in [0, 0.1) is 13.8 Å². The molecular weight excluding hydrogens is 602 g/mol. The minimum atomic E-state index is -2.18. The molecule has 2 aromatic carbocycles. The maximum Gasteiger partial charge on any atom is 0.339 e. The van der Waals surface area contributed by atoms with Crippen LogP contribution in [0.2, 0.25) is 0 Å². The summed E-state index contributed by atoms with van der Waals surface area (Å²) in [6.45, 7) is 9.21. The number of aliphatic hydroxyl groups is 2. The van der Waals surface area contributed by atoms with E-state index in [0.29, 0.717) is 23.7 Å². The normalized spacial score (nSPS) is 24.4. The Balaban J connectivity index is 1.28. The Bertz CT molecular complexity index is 1560. The molecule has 1 saturated heterocycles. The van der Waals surface area contributed by atoms with E-state index in [4.69, 9.17) is 23.7 Å². The van der Waals surface area contributed by atoms with E-state index < -0.39 is 41.2 Å². The Morgan fingerprint density at radius 3 is 2.53 bits per heavy atom. The number of ether oxygens (including phenoxy) is 5. The molecule has 0 saturated carbocycles. The average molecular weight is 650 g/mol. The Morgan fingerprint density at radius 1 is 1.04 bits per heavy atom. The van der Waals surface area contributed by atoms with E-state index in [1.54, 1.807) is 21.0 Å². The standard InChI is InChI=1S/C37H47NO9/c1-23-8-9-25(16-24(23)2)21-44-31(39)20-37(42,13-6-11-35(3,4)41)34(40)47-33-30(43-5)19-36-12-7-14-38(36)15-10-26-17-28-29(46-22-45-28)18-27(26)32(33)36/h8-9,16-19,32-33,41-42H,6-7,10-15,20-22H2,1-5H3/t32-,33?,36?,37-/m1/s1. The van der Waals surface area contributed by atoms with Crippen molar-refractivity contribution in [3.8, 4) is 11.5 Å². The zero-order valence-electron chi connectivity index (χ0n) is 28.1. The number of esters is 2. The second-order valence-electron chi connectivity index (χ2n) is 14.2. The van der Waals surface area contributed by atoms with Crippen LogP contribution in [0.5, 0.6) is 11.5 Å². The minimum absolute atomic E-state index is 0.0151. The largest absolute Gasteiger partial charge is 0.497 e. The lowest BCUT2D eigenvalue weighted by Gasteiger charge is -2.39. The van der Waals surface area contributed by atoms with Gasteiger partial charge in [-0.15, -0.1) is 0 Å². The molecule has 10 nitrogen and oxygen atoms in total. The van der Waals surface area contributed by atoms with Gasteiger partial charge in [0, 0.05) is 6.54 Å². The van der Waals surface area contributed by atoms with E-state index in [0.717, 1.165) is 60.2 Å². The summed E-state index contributed by atoms with van der Waals surface area (Å²) in [7, 11) is 1.56. The van der Waals surface area contributed by atoms with Gasteiger partial charge in [0.1, 0.15) is 12.4 Å². The number of nitrogens with zero attached hydrogens (tertiary/aromatic N) is 1. The first-order chi connectivity index (χ1) is 22.3. The third-order valence-electron chi connectivity index (χ3n) is 10.4. The van der Waals surface area contributed by atoms with Crippen LogP contribution in [0.4, 0.5) is 0 Å². The van der Waals surface area contributed by atoms with E-state index in [9.17, 15) is 19.8 Å². The van der Waals surface area contributed by atoms with E-state index in [-0.39, 0.29) is 32.2 Å². The van der Waals surface area contributed by atoms with Crippen LogP contribution in [0.25, 0.3) is 0 Å². The van der Waals surface area contributed by atoms with Crippen LogP contribution in [0.1, 0.15) is 86.1 Å². The fourth-order valence-corrected chi connectivity index (χ4v) is 7.74. The first-order valence-corrected chi connectivity index (χ1v) is 16.6. The zero-order chi connectivity index (χ0) is 33.6. The molecule has 0 aromatic heterocycles. The predicted octanol–water partition coefficient (Wildman–Crippen LogP) is 4.77. The quantitative estimate of drug-likeness (QED) is 0.329. The van der Waals surface area contributed by atoms with Gasteiger partial charge in [0.25, 0.3) is 0 Å². The average Bonchev–Trinajstić information content (AvgIpc) is 3.70. The maximum absolute atomic E-state index is 14.2. The van der Waals surface area contributed by atoms with Crippen LogP contribution in [-0.2, 0) is 36.8 Å². The Labute approximate surface area is 276 Å². The Hall–Kier alpha value is -3.60. The SMILES string of the molecule is COC1=CC23CCCN2CCc2cc4c(cc2[C@@H]3C1OC(=O)[C@@](O)(CCCC(C)(C)O)CC(=O)OCc1ccc(C)c(C)c1)OCO4. The van der Waals surface area contributed by atoms with Crippen LogP contribution >= 0.6 is 0 Å². The molecule has 254 valence electrons. The molecule has 1 spiro atoms. The molecule has 1 fully saturated rings. The fourth-order valence-electron chi connectivity index (χ4n) is 7.74. The monoisotopic (exact) mass is 649 g/mol. The van der Waals surface area contributed by atoms with E-state index in [1.807, 2.05) is 44.2 Å². The third-order valence-corrected chi connectivity index (χ3v) is 10.4. The molecular formula is C37H47NO9. The van der Waals surface area contributed by atoms with Gasteiger partial charge in [-0.25, -0.2) is 4.79 Å². The fraction of sp³-hybridized carbons (Fsp3) is 0.568. The number of benzene rings is 2. The van der Waals surface area contributed by atoms with Gasteiger partial charge in [-0.1, -0.05) is 18.2 Å². The summed E-state index contributed by atoms with van der Waals surface area (Å²) >= 11 is 0. The molecule has 2 unspecified atom stereocenters. The minimum Gasteiger partial charge on any atom is -0.497 e. The van der Waals surface area contributed by atoms with Crippen molar-refractivity contribution in [2.75, 3.05) is 27.0 Å². The number of hydrogen-bond donors (Lipinski definition) is 2. The highest BCUT2D eigenvalue weighted by Gasteiger charge is 2.59. The van der Waals surface area contributed by atoms with Gasteiger partial charge < -0.3 is 33.9 Å². The van der Waals surface area contributed by atoms with Crippen molar-refractivity contribution in [2.24, 2.45) is 0 Å². The highest BCUT2D eigenvalue weighted by Crippen LogP contribution is 2.55. The molecule has 10 heteroatoms. The number of rotatable bonds is 11. The van der Waals surface area contributed by atoms with Crippen LogP contribution in [0.15, 0.2) is 42.2 Å². The highest BCUT2D eigenvalue weighted by atomic mass is 16.7. The molecule has 4 aliphatic rings. The molecule has 0 bridgehead atoms. The van der Waals surface area contributed by atoms with Gasteiger partial charge in [0.15, 0.2) is 23.2 Å². The number of hydrogen-bond acceptors (Lipinski definition) is 10. The van der Waals surface area contributed by atoms with Gasteiger partial charge >= 0.3 is 11.9 Å². The van der Waals surface area contributed by atoms with Crippen molar-refractivity contribution in [3.05, 3.63) is 70.0 Å². The van der Waals surface area contributed by atoms with Gasteiger partial charge in [0.05, 0.1) is 30.6 Å². The summed E-state index contributed by atoms with van der Waals surface area (Å²) in [4.78, 5) is 29.8. The van der Waals surface area contributed by atoms with Crippen molar-refractivity contribution < 1.29 is 43.5 Å². The van der Waals surface area contributed by atoms with Crippen LogP contribution < -0.4 is 9.47 Å². The summed E-state index contributed by atoms with van der Waals surface area (Å²) in [5.41, 5.74) is 1.47. The van der Waals surface area contributed by atoms with Gasteiger partial charge in [0.2, 0.25) is 6.79 Å². The number of methoxy groups -OCH3 is 1.